The van der Waals surface area contributed by atoms with Crippen LogP contribution in [0.1, 0.15) is 23.6 Å². The van der Waals surface area contributed by atoms with Crippen molar-refractivity contribution in [1.82, 2.24) is 20.4 Å². The third-order valence-corrected chi connectivity index (χ3v) is 3.67. The van der Waals surface area contributed by atoms with Crippen molar-refractivity contribution in [2.75, 3.05) is 13.1 Å². The van der Waals surface area contributed by atoms with Crippen LogP contribution in [-0.4, -0.2) is 28.2 Å². The van der Waals surface area contributed by atoms with E-state index in [1.54, 1.807) is 6.33 Å². The van der Waals surface area contributed by atoms with Gasteiger partial charge in [0.25, 0.3) is 0 Å². The Bertz CT molecular complexity index is 553. The Labute approximate surface area is 112 Å². The van der Waals surface area contributed by atoms with Crippen LogP contribution in [-0.2, 0) is 6.42 Å². The van der Waals surface area contributed by atoms with Crippen molar-refractivity contribution in [3.05, 3.63) is 29.5 Å². The molecule has 2 aromatic heterocycles. The molecule has 1 fully saturated rings. The molecule has 100 valence electrons. The number of hydrogen-bond acceptors (Lipinski definition) is 5. The van der Waals surface area contributed by atoms with Gasteiger partial charge < -0.3 is 9.84 Å². The van der Waals surface area contributed by atoms with Crippen LogP contribution in [0.15, 0.2) is 16.9 Å². The van der Waals surface area contributed by atoms with Gasteiger partial charge in [0, 0.05) is 5.69 Å². The van der Waals surface area contributed by atoms with Gasteiger partial charge >= 0.3 is 0 Å². The summed E-state index contributed by atoms with van der Waals surface area (Å²) in [5.74, 6) is 1.50. The van der Waals surface area contributed by atoms with E-state index in [2.05, 4.69) is 26.5 Å². The topological polar surface area (TPSA) is 63.8 Å². The van der Waals surface area contributed by atoms with E-state index in [9.17, 15) is 0 Å². The van der Waals surface area contributed by atoms with Crippen molar-refractivity contribution in [1.29, 1.82) is 0 Å². The van der Waals surface area contributed by atoms with Gasteiger partial charge in [0.2, 0.25) is 0 Å². The highest BCUT2D eigenvalue weighted by molar-refractivity contribution is 5.63. The molecular formula is C14H18N4O. The average Bonchev–Trinajstić information content (AvgIpc) is 3.00. The largest absolute Gasteiger partial charge is 0.361 e. The van der Waals surface area contributed by atoms with E-state index in [-0.39, 0.29) is 0 Å². The van der Waals surface area contributed by atoms with Gasteiger partial charge in [0.05, 0.1) is 17.0 Å². The fraction of sp³-hybridized carbons (Fsp3) is 0.500. The predicted octanol–water partition coefficient (Wildman–Crippen LogP) is 1.90. The summed E-state index contributed by atoms with van der Waals surface area (Å²) in [6.07, 6.45) is 3.87. The molecule has 0 aromatic carbocycles. The Balaban J connectivity index is 1.87. The highest BCUT2D eigenvalue weighted by Gasteiger charge is 2.17. The van der Waals surface area contributed by atoms with E-state index in [1.807, 2.05) is 13.8 Å². The molecule has 0 spiro atoms. The molecule has 1 aliphatic heterocycles. The first kappa shape index (κ1) is 12.3. The van der Waals surface area contributed by atoms with Crippen LogP contribution in [0.5, 0.6) is 0 Å². The number of aryl methyl sites for hydroxylation is 2. The molecular weight excluding hydrogens is 240 g/mol. The van der Waals surface area contributed by atoms with E-state index >= 15 is 0 Å². The summed E-state index contributed by atoms with van der Waals surface area (Å²) in [6, 6.07) is 2.06. The molecule has 0 radical (unpaired) electrons. The van der Waals surface area contributed by atoms with Gasteiger partial charge in [-0.15, -0.1) is 0 Å². The van der Waals surface area contributed by atoms with Crippen molar-refractivity contribution in [2.45, 2.75) is 26.7 Å². The molecule has 3 rings (SSSR count). The van der Waals surface area contributed by atoms with E-state index in [0.717, 1.165) is 47.9 Å². The smallest absolute Gasteiger partial charge is 0.143 e. The minimum Gasteiger partial charge on any atom is -0.361 e. The fourth-order valence-electron chi connectivity index (χ4n) is 2.68. The number of hydrogen-bond donors (Lipinski definition) is 1. The second-order valence-corrected chi connectivity index (χ2v) is 5.16. The van der Waals surface area contributed by atoms with Gasteiger partial charge in [0.15, 0.2) is 0 Å². The summed E-state index contributed by atoms with van der Waals surface area (Å²) in [6.45, 7) is 6.06. The van der Waals surface area contributed by atoms with Crippen LogP contribution >= 0.6 is 0 Å². The maximum absolute atomic E-state index is 5.20. The highest BCUT2D eigenvalue weighted by atomic mass is 16.5. The number of nitrogens with one attached hydrogen (secondary N) is 1. The summed E-state index contributed by atoms with van der Waals surface area (Å²) in [5, 5.41) is 7.36. The second-order valence-electron chi connectivity index (χ2n) is 5.16. The molecule has 19 heavy (non-hydrogen) atoms. The molecule has 0 amide bonds. The summed E-state index contributed by atoms with van der Waals surface area (Å²) in [4.78, 5) is 8.73. The molecule has 2 aromatic rings. The molecule has 5 nitrogen and oxygen atoms in total. The molecule has 0 unspecified atom stereocenters. The predicted molar refractivity (Wildman–Crippen MR) is 71.7 cm³/mol. The highest BCUT2D eigenvalue weighted by Crippen LogP contribution is 2.25. The lowest BCUT2D eigenvalue weighted by Crippen LogP contribution is -2.11. The molecule has 0 aliphatic carbocycles. The van der Waals surface area contributed by atoms with Crippen molar-refractivity contribution in [2.24, 2.45) is 5.92 Å². The SMILES string of the molecule is Cc1noc(C)c1-c1cc(C[C@@H]2CCNC2)ncn1. The molecule has 1 atom stereocenters. The quantitative estimate of drug-likeness (QED) is 0.911. The van der Waals surface area contributed by atoms with Crippen LogP contribution in [0.4, 0.5) is 0 Å². The zero-order valence-electron chi connectivity index (χ0n) is 11.3. The van der Waals surface area contributed by atoms with Gasteiger partial charge in [-0.05, 0) is 51.8 Å². The van der Waals surface area contributed by atoms with Crippen LogP contribution in [0.3, 0.4) is 0 Å². The number of aromatic nitrogens is 3. The number of nitrogens with zero attached hydrogens (tertiary/aromatic N) is 3. The lowest BCUT2D eigenvalue weighted by molar-refractivity contribution is 0.393. The molecule has 1 saturated heterocycles. The first-order valence-electron chi connectivity index (χ1n) is 6.69. The van der Waals surface area contributed by atoms with Gasteiger partial charge in [-0.1, -0.05) is 5.16 Å². The van der Waals surface area contributed by atoms with Crippen molar-refractivity contribution in [3.8, 4) is 11.3 Å². The maximum Gasteiger partial charge on any atom is 0.143 e. The van der Waals surface area contributed by atoms with E-state index < -0.39 is 0 Å². The normalized spacial score (nSPS) is 18.9. The third kappa shape index (κ3) is 2.51. The maximum atomic E-state index is 5.20. The zero-order valence-corrected chi connectivity index (χ0v) is 11.3. The Hall–Kier alpha value is -1.75. The zero-order chi connectivity index (χ0) is 13.2. The van der Waals surface area contributed by atoms with E-state index in [4.69, 9.17) is 4.52 Å². The van der Waals surface area contributed by atoms with Crippen LogP contribution in [0, 0.1) is 19.8 Å². The summed E-state index contributed by atoms with van der Waals surface area (Å²) < 4.78 is 5.20. The minimum atomic E-state index is 0.687. The Kier molecular flexibility index (Phi) is 3.29. The Morgan fingerprint density at radius 1 is 1.37 bits per heavy atom. The lowest BCUT2D eigenvalue weighted by Gasteiger charge is -2.08. The van der Waals surface area contributed by atoms with Gasteiger partial charge in [-0.25, -0.2) is 9.97 Å². The summed E-state index contributed by atoms with van der Waals surface area (Å²) in [7, 11) is 0. The lowest BCUT2D eigenvalue weighted by atomic mass is 10.0. The first-order chi connectivity index (χ1) is 9.24. The first-order valence-corrected chi connectivity index (χ1v) is 6.69. The average molecular weight is 258 g/mol. The monoisotopic (exact) mass is 258 g/mol. The Morgan fingerprint density at radius 3 is 2.95 bits per heavy atom. The van der Waals surface area contributed by atoms with Crippen molar-refractivity contribution in [3.63, 3.8) is 0 Å². The van der Waals surface area contributed by atoms with Crippen LogP contribution in [0.2, 0.25) is 0 Å². The molecule has 5 heteroatoms. The summed E-state index contributed by atoms with van der Waals surface area (Å²) >= 11 is 0. The number of rotatable bonds is 3. The summed E-state index contributed by atoms with van der Waals surface area (Å²) in [5.41, 5.74) is 3.88. The second kappa shape index (κ2) is 5.09. The van der Waals surface area contributed by atoms with Gasteiger partial charge in [-0.3, -0.25) is 0 Å². The third-order valence-electron chi connectivity index (χ3n) is 3.67. The molecule has 0 bridgehead atoms. The molecule has 3 heterocycles. The van der Waals surface area contributed by atoms with Gasteiger partial charge in [0.1, 0.15) is 12.1 Å². The van der Waals surface area contributed by atoms with Crippen LogP contribution < -0.4 is 5.32 Å². The van der Waals surface area contributed by atoms with Crippen molar-refractivity contribution >= 4 is 0 Å². The van der Waals surface area contributed by atoms with Crippen LogP contribution in [0.25, 0.3) is 11.3 Å². The van der Waals surface area contributed by atoms with Gasteiger partial charge in [-0.2, -0.15) is 0 Å². The molecule has 1 N–H and O–H groups in total. The standard InChI is InChI=1S/C14H18N4O/c1-9-14(10(2)19-18-9)13-6-12(16-8-17-13)5-11-3-4-15-7-11/h6,8,11,15H,3-5,7H2,1-2H3/t11-/m0/s1. The Morgan fingerprint density at radius 2 is 2.26 bits per heavy atom. The van der Waals surface area contributed by atoms with E-state index in [0.29, 0.717) is 5.92 Å². The molecule has 0 saturated carbocycles. The minimum absolute atomic E-state index is 0.687. The van der Waals surface area contributed by atoms with Crippen molar-refractivity contribution < 1.29 is 4.52 Å². The fourth-order valence-corrected chi connectivity index (χ4v) is 2.68. The van der Waals surface area contributed by atoms with E-state index in [1.165, 1.54) is 6.42 Å². The molecule has 1 aliphatic rings.